The molecule has 1 aliphatic rings. The Labute approximate surface area is 201 Å². The average molecular weight is 480 g/mol. The number of thioether (sulfide) groups is 1. The molecular formula is C25H22ClN3O3S. The Hall–Kier alpha value is -3.29. The van der Waals surface area contributed by atoms with E-state index in [4.69, 9.17) is 21.3 Å². The van der Waals surface area contributed by atoms with Gasteiger partial charge >= 0.3 is 0 Å². The van der Waals surface area contributed by atoms with Gasteiger partial charge in [0.1, 0.15) is 11.0 Å². The Morgan fingerprint density at radius 1 is 1.06 bits per heavy atom. The summed E-state index contributed by atoms with van der Waals surface area (Å²) >= 11 is 7.21. The Morgan fingerprint density at radius 3 is 2.42 bits per heavy atom. The highest BCUT2D eigenvalue weighted by Crippen LogP contribution is 2.31. The molecule has 0 unspecified atom stereocenters. The van der Waals surface area contributed by atoms with Gasteiger partial charge in [0.25, 0.3) is 0 Å². The topological polar surface area (TPSA) is 71.0 Å². The molecule has 2 amide bonds. The van der Waals surface area contributed by atoms with Gasteiger partial charge in [-0.3, -0.25) is 14.6 Å². The number of amides is 2. The fourth-order valence-corrected chi connectivity index (χ4v) is 4.48. The minimum atomic E-state index is -0.570. The van der Waals surface area contributed by atoms with Gasteiger partial charge in [-0.25, -0.2) is 4.90 Å². The van der Waals surface area contributed by atoms with E-state index in [1.165, 1.54) is 16.7 Å². The molecule has 0 bridgehead atoms. The number of para-hydroxylation sites is 1. The summed E-state index contributed by atoms with van der Waals surface area (Å²) in [6, 6.07) is 23.9. The lowest BCUT2D eigenvalue weighted by atomic mass is 10.2. The van der Waals surface area contributed by atoms with E-state index in [0.717, 1.165) is 17.0 Å². The smallest absolute Gasteiger partial charge is 0.247 e. The number of imide groups is 1. The zero-order chi connectivity index (χ0) is 23.2. The molecule has 3 aromatic carbocycles. The standard InChI is InChI=1S/C25H22ClN3O3S/c1-32-21-13-7-17(8-14-21)16-27-25(28-19-5-3-2-4-6-19)33-22-15-23(30)29(24(22)31)20-11-9-18(26)10-12-20/h2-14,22H,15-16H2,1H3,(H,27,28)/t22-/m0/s1. The molecule has 3 aromatic rings. The zero-order valence-corrected chi connectivity index (χ0v) is 19.5. The Kier molecular flexibility index (Phi) is 7.32. The van der Waals surface area contributed by atoms with Gasteiger partial charge in [0.2, 0.25) is 11.8 Å². The third-order valence-corrected chi connectivity index (χ3v) is 6.39. The first kappa shape index (κ1) is 22.9. The first-order chi connectivity index (χ1) is 16.0. The SMILES string of the molecule is COc1ccc(CN=C(Nc2ccccc2)S[C@H]2CC(=O)N(c3ccc(Cl)cc3)C2=O)cc1. The number of hydrogen-bond acceptors (Lipinski definition) is 5. The number of carbonyl (C=O) groups is 2. The normalized spacial score (nSPS) is 16.2. The van der Waals surface area contributed by atoms with Crippen LogP contribution in [0.25, 0.3) is 0 Å². The first-order valence-electron chi connectivity index (χ1n) is 10.3. The van der Waals surface area contributed by atoms with E-state index in [9.17, 15) is 9.59 Å². The summed E-state index contributed by atoms with van der Waals surface area (Å²) in [6.45, 7) is 0.419. The summed E-state index contributed by atoms with van der Waals surface area (Å²) in [5, 5.41) is 3.83. The molecule has 0 radical (unpaired) electrons. The number of halogens is 1. The number of amidine groups is 1. The van der Waals surface area contributed by atoms with Crippen LogP contribution in [0.5, 0.6) is 5.75 Å². The summed E-state index contributed by atoms with van der Waals surface area (Å²) in [5.74, 6) is 0.269. The zero-order valence-electron chi connectivity index (χ0n) is 17.9. The van der Waals surface area contributed by atoms with Crippen LogP contribution in [0, 0.1) is 0 Å². The van der Waals surface area contributed by atoms with Crippen molar-refractivity contribution in [2.45, 2.75) is 18.2 Å². The summed E-state index contributed by atoms with van der Waals surface area (Å²) in [5.41, 5.74) is 2.37. The molecule has 168 valence electrons. The van der Waals surface area contributed by atoms with Crippen LogP contribution in [-0.2, 0) is 16.1 Å². The van der Waals surface area contributed by atoms with E-state index in [0.29, 0.717) is 22.4 Å². The van der Waals surface area contributed by atoms with E-state index in [1.807, 2.05) is 54.6 Å². The molecule has 0 spiro atoms. The molecule has 1 saturated heterocycles. The van der Waals surface area contributed by atoms with Crippen molar-refractivity contribution in [3.05, 3.63) is 89.4 Å². The molecule has 0 aromatic heterocycles. The van der Waals surface area contributed by atoms with Crippen LogP contribution in [0.15, 0.2) is 83.9 Å². The largest absolute Gasteiger partial charge is 0.497 e. The van der Waals surface area contributed by atoms with Gasteiger partial charge in [-0.05, 0) is 54.1 Å². The van der Waals surface area contributed by atoms with Crippen LogP contribution < -0.4 is 15.0 Å². The summed E-state index contributed by atoms with van der Waals surface area (Å²) in [6.07, 6.45) is 0.101. The van der Waals surface area contributed by atoms with Crippen molar-refractivity contribution in [3.8, 4) is 5.75 Å². The van der Waals surface area contributed by atoms with Gasteiger partial charge in [0, 0.05) is 17.1 Å². The van der Waals surface area contributed by atoms with Gasteiger partial charge in [-0.15, -0.1) is 0 Å². The summed E-state index contributed by atoms with van der Waals surface area (Å²) in [7, 11) is 1.62. The minimum absolute atomic E-state index is 0.101. The number of nitrogens with one attached hydrogen (secondary N) is 1. The van der Waals surface area contributed by atoms with E-state index in [2.05, 4.69) is 5.32 Å². The van der Waals surface area contributed by atoms with Crippen LogP contribution >= 0.6 is 23.4 Å². The summed E-state index contributed by atoms with van der Waals surface area (Å²) in [4.78, 5) is 31.7. The lowest BCUT2D eigenvalue weighted by Crippen LogP contribution is -2.31. The molecule has 0 aliphatic carbocycles. The predicted octanol–water partition coefficient (Wildman–Crippen LogP) is 5.38. The van der Waals surface area contributed by atoms with Gasteiger partial charge in [-0.1, -0.05) is 53.7 Å². The summed E-state index contributed by atoms with van der Waals surface area (Å²) < 4.78 is 5.20. The van der Waals surface area contributed by atoms with E-state index in [1.54, 1.807) is 31.4 Å². The van der Waals surface area contributed by atoms with E-state index < -0.39 is 5.25 Å². The lowest BCUT2D eigenvalue weighted by molar-refractivity contribution is -0.121. The van der Waals surface area contributed by atoms with Crippen molar-refractivity contribution in [1.29, 1.82) is 0 Å². The molecule has 33 heavy (non-hydrogen) atoms. The van der Waals surface area contributed by atoms with Crippen molar-refractivity contribution in [1.82, 2.24) is 0 Å². The molecule has 0 saturated carbocycles. The number of aliphatic imine (C=N–C) groups is 1. The first-order valence-corrected chi connectivity index (χ1v) is 11.6. The number of anilines is 2. The molecule has 1 heterocycles. The maximum atomic E-state index is 13.1. The van der Waals surface area contributed by atoms with Gasteiger partial charge in [0.05, 0.1) is 19.3 Å². The Morgan fingerprint density at radius 2 is 1.76 bits per heavy atom. The Bertz CT molecular complexity index is 1150. The number of carbonyl (C=O) groups excluding carboxylic acids is 2. The maximum absolute atomic E-state index is 13.1. The number of ether oxygens (including phenoxy) is 1. The number of rotatable bonds is 6. The van der Waals surface area contributed by atoms with Gasteiger partial charge < -0.3 is 10.1 Å². The fraction of sp³-hybridized carbons (Fsp3) is 0.160. The van der Waals surface area contributed by atoms with Crippen molar-refractivity contribution in [2.75, 3.05) is 17.3 Å². The number of hydrogen-bond donors (Lipinski definition) is 1. The minimum Gasteiger partial charge on any atom is -0.497 e. The van der Waals surface area contributed by atoms with E-state index >= 15 is 0 Å². The monoisotopic (exact) mass is 479 g/mol. The number of methoxy groups -OCH3 is 1. The highest BCUT2D eigenvalue weighted by molar-refractivity contribution is 8.15. The highest BCUT2D eigenvalue weighted by Gasteiger charge is 2.40. The molecule has 1 fully saturated rings. The molecule has 1 atom stereocenters. The predicted molar refractivity (Wildman–Crippen MR) is 134 cm³/mol. The average Bonchev–Trinajstić information content (AvgIpc) is 3.11. The molecule has 1 aliphatic heterocycles. The Balaban J connectivity index is 1.53. The van der Waals surface area contributed by atoms with Gasteiger partial charge in [-0.2, -0.15) is 0 Å². The third-order valence-electron chi connectivity index (χ3n) is 5.03. The van der Waals surface area contributed by atoms with Crippen molar-refractivity contribution < 1.29 is 14.3 Å². The van der Waals surface area contributed by atoms with Crippen molar-refractivity contribution >= 4 is 51.7 Å². The fourth-order valence-electron chi connectivity index (χ4n) is 3.34. The molecule has 4 rings (SSSR count). The third kappa shape index (κ3) is 5.74. The maximum Gasteiger partial charge on any atom is 0.247 e. The second-order valence-electron chi connectivity index (χ2n) is 7.31. The molecular weight excluding hydrogens is 458 g/mol. The molecule has 1 N–H and O–H groups in total. The van der Waals surface area contributed by atoms with Crippen molar-refractivity contribution in [2.24, 2.45) is 4.99 Å². The van der Waals surface area contributed by atoms with Gasteiger partial charge in [0.15, 0.2) is 5.17 Å². The molecule has 8 heteroatoms. The number of nitrogens with zero attached hydrogens (tertiary/aromatic N) is 2. The number of benzene rings is 3. The second kappa shape index (κ2) is 10.6. The van der Waals surface area contributed by atoms with E-state index in [-0.39, 0.29) is 18.2 Å². The van der Waals surface area contributed by atoms with Crippen LogP contribution in [0.1, 0.15) is 12.0 Å². The lowest BCUT2D eigenvalue weighted by Gasteiger charge is -2.16. The van der Waals surface area contributed by atoms with Crippen LogP contribution in [0.3, 0.4) is 0 Å². The highest BCUT2D eigenvalue weighted by atomic mass is 35.5. The van der Waals surface area contributed by atoms with Crippen LogP contribution in [-0.4, -0.2) is 29.3 Å². The van der Waals surface area contributed by atoms with Crippen LogP contribution in [0.4, 0.5) is 11.4 Å². The second-order valence-corrected chi connectivity index (χ2v) is 8.94. The molecule has 6 nitrogen and oxygen atoms in total. The van der Waals surface area contributed by atoms with Crippen LogP contribution in [0.2, 0.25) is 5.02 Å². The van der Waals surface area contributed by atoms with Crippen molar-refractivity contribution in [3.63, 3.8) is 0 Å². The quantitative estimate of drug-likeness (QED) is 0.292.